The van der Waals surface area contributed by atoms with Crippen molar-refractivity contribution >= 4 is 17.6 Å². The minimum absolute atomic E-state index is 0.0790. The number of nitrogens with zero attached hydrogens (tertiary/aromatic N) is 1. The Bertz CT molecular complexity index is 857. The van der Waals surface area contributed by atoms with Crippen LogP contribution in [0.3, 0.4) is 0 Å². The Balaban J connectivity index is 1.68. The minimum atomic E-state index is -0.496. The highest BCUT2D eigenvalue weighted by Gasteiger charge is 2.37. The van der Waals surface area contributed by atoms with Gasteiger partial charge in [-0.2, -0.15) is 0 Å². The summed E-state index contributed by atoms with van der Waals surface area (Å²) in [7, 11) is 1.56. The molecular weight excluding hydrogens is 354 g/mol. The first-order valence-corrected chi connectivity index (χ1v) is 9.61. The number of ether oxygens (including phenoxy) is 2. The first-order valence-electron chi connectivity index (χ1n) is 9.61. The van der Waals surface area contributed by atoms with Crippen molar-refractivity contribution in [2.24, 2.45) is 5.92 Å². The van der Waals surface area contributed by atoms with E-state index in [0.717, 1.165) is 6.42 Å². The number of hydrogen-bond acceptors (Lipinski definition) is 4. The zero-order chi connectivity index (χ0) is 20.3. The largest absolute Gasteiger partial charge is 0.495 e. The average molecular weight is 381 g/mol. The zero-order valence-corrected chi connectivity index (χ0v) is 16.9. The normalized spacial score (nSPS) is 16.9. The standard InChI is InChI=1S/C23H27NO4/c1-5-23(2,3)17-10-12-18(13-11-17)28-22(26)16-14-21(25)24(15-16)19-8-6-7-9-20(19)27-4/h6-13,16H,5,14-15H2,1-4H3/t16-/m1/s1. The molecule has 1 fully saturated rings. The SMILES string of the molecule is CCC(C)(C)c1ccc(OC(=O)[C@@H]2CC(=O)N(c3ccccc3OC)C2)cc1. The Morgan fingerprint density at radius 2 is 1.82 bits per heavy atom. The molecule has 0 saturated carbocycles. The third-order valence-corrected chi connectivity index (χ3v) is 5.57. The van der Waals surface area contributed by atoms with Crippen molar-refractivity contribution in [3.05, 3.63) is 54.1 Å². The summed E-state index contributed by atoms with van der Waals surface area (Å²) >= 11 is 0. The van der Waals surface area contributed by atoms with Gasteiger partial charge >= 0.3 is 5.97 Å². The van der Waals surface area contributed by atoms with Crippen molar-refractivity contribution in [1.82, 2.24) is 0 Å². The quantitative estimate of drug-likeness (QED) is 0.552. The number of benzene rings is 2. The average Bonchev–Trinajstić information content (AvgIpc) is 3.10. The van der Waals surface area contributed by atoms with Gasteiger partial charge in [-0.25, -0.2) is 0 Å². The summed E-state index contributed by atoms with van der Waals surface area (Å²) < 4.78 is 10.9. The van der Waals surface area contributed by atoms with Crippen LogP contribution in [0.2, 0.25) is 0 Å². The maximum Gasteiger partial charge on any atom is 0.316 e. The van der Waals surface area contributed by atoms with Crippen molar-refractivity contribution < 1.29 is 19.1 Å². The molecular formula is C23H27NO4. The number of hydrogen-bond donors (Lipinski definition) is 0. The van der Waals surface area contributed by atoms with E-state index in [1.165, 1.54) is 5.56 Å². The van der Waals surface area contributed by atoms with Crippen LogP contribution in [0.4, 0.5) is 5.69 Å². The second-order valence-corrected chi connectivity index (χ2v) is 7.76. The van der Waals surface area contributed by atoms with Gasteiger partial charge in [0.05, 0.1) is 18.7 Å². The Hall–Kier alpha value is -2.82. The lowest BCUT2D eigenvalue weighted by Crippen LogP contribution is -2.27. The van der Waals surface area contributed by atoms with Gasteiger partial charge in [0.15, 0.2) is 0 Å². The Kier molecular flexibility index (Phi) is 5.73. The van der Waals surface area contributed by atoms with E-state index in [9.17, 15) is 9.59 Å². The van der Waals surface area contributed by atoms with Gasteiger partial charge in [0.25, 0.3) is 0 Å². The number of esters is 1. The van der Waals surface area contributed by atoms with Crippen LogP contribution in [0.1, 0.15) is 39.2 Å². The summed E-state index contributed by atoms with van der Waals surface area (Å²) in [4.78, 5) is 26.7. The lowest BCUT2D eigenvalue weighted by atomic mass is 9.82. The van der Waals surface area contributed by atoms with Crippen molar-refractivity contribution in [1.29, 1.82) is 0 Å². The molecule has 1 aliphatic heterocycles. The van der Waals surface area contributed by atoms with E-state index in [1.807, 2.05) is 42.5 Å². The van der Waals surface area contributed by atoms with Gasteiger partial charge in [-0.05, 0) is 41.7 Å². The van der Waals surface area contributed by atoms with Gasteiger partial charge in [-0.3, -0.25) is 9.59 Å². The molecule has 0 spiro atoms. The van der Waals surface area contributed by atoms with Gasteiger partial charge < -0.3 is 14.4 Å². The van der Waals surface area contributed by atoms with Gasteiger partial charge in [0, 0.05) is 13.0 Å². The molecule has 28 heavy (non-hydrogen) atoms. The van der Waals surface area contributed by atoms with Crippen molar-refractivity contribution in [3.8, 4) is 11.5 Å². The zero-order valence-electron chi connectivity index (χ0n) is 16.9. The minimum Gasteiger partial charge on any atom is -0.495 e. The van der Waals surface area contributed by atoms with Crippen LogP contribution in [0.5, 0.6) is 11.5 Å². The molecule has 3 rings (SSSR count). The van der Waals surface area contributed by atoms with E-state index in [0.29, 0.717) is 23.7 Å². The topological polar surface area (TPSA) is 55.8 Å². The molecule has 0 bridgehead atoms. The number of anilines is 1. The van der Waals surface area contributed by atoms with Crippen LogP contribution >= 0.6 is 0 Å². The molecule has 2 aromatic carbocycles. The lowest BCUT2D eigenvalue weighted by molar-refractivity contribution is -0.139. The molecule has 2 aromatic rings. The van der Waals surface area contributed by atoms with Gasteiger partial charge in [0.2, 0.25) is 5.91 Å². The van der Waals surface area contributed by atoms with Crippen LogP contribution in [0.25, 0.3) is 0 Å². The number of para-hydroxylation sites is 2. The monoisotopic (exact) mass is 381 g/mol. The second kappa shape index (κ2) is 8.05. The van der Waals surface area contributed by atoms with Crippen LogP contribution in [0.15, 0.2) is 48.5 Å². The number of methoxy groups -OCH3 is 1. The second-order valence-electron chi connectivity index (χ2n) is 7.76. The molecule has 1 aliphatic rings. The van der Waals surface area contributed by atoms with Crippen LogP contribution in [0, 0.1) is 5.92 Å². The number of carbonyl (C=O) groups is 2. The number of amides is 1. The maximum atomic E-state index is 12.6. The summed E-state index contributed by atoms with van der Waals surface area (Å²) in [5.41, 5.74) is 1.96. The molecule has 0 N–H and O–H groups in total. The molecule has 0 aliphatic carbocycles. The van der Waals surface area contributed by atoms with E-state index in [-0.39, 0.29) is 23.7 Å². The summed E-state index contributed by atoms with van der Waals surface area (Å²) in [5, 5.41) is 0. The third kappa shape index (κ3) is 4.03. The molecule has 0 unspecified atom stereocenters. The molecule has 5 heteroatoms. The van der Waals surface area contributed by atoms with E-state index in [2.05, 4.69) is 20.8 Å². The van der Waals surface area contributed by atoms with Crippen LogP contribution in [-0.4, -0.2) is 25.5 Å². The molecule has 1 heterocycles. The third-order valence-electron chi connectivity index (χ3n) is 5.57. The molecule has 148 valence electrons. The van der Waals surface area contributed by atoms with Gasteiger partial charge in [0.1, 0.15) is 11.5 Å². The molecule has 1 saturated heterocycles. The summed E-state index contributed by atoms with van der Waals surface area (Å²) in [6, 6.07) is 14.9. The highest BCUT2D eigenvalue weighted by atomic mass is 16.5. The Labute approximate surface area is 166 Å². The Morgan fingerprint density at radius 1 is 1.14 bits per heavy atom. The lowest BCUT2D eigenvalue weighted by Gasteiger charge is -2.23. The number of carbonyl (C=O) groups excluding carboxylic acids is 2. The fraction of sp³-hybridized carbons (Fsp3) is 0.391. The first-order chi connectivity index (χ1) is 13.4. The fourth-order valence-electron chi connectivity index (χ4n) is 3.33. The van der Waals surface area contributed by atoms with Gasteiger partial charge in [-0.1, -0.05) is 45.0 Å². The summed E-state index contributed by atoms with van der Waals surface area (Å²) in [6.07, 6.45) is 1.16. The summed E-state index contributed by atoms with van der Waals surface area (Å²) in [5.74, 6) is 0.131. The van der Waals surface area contributed by atoms with Crippen LogP contribution < -0.4 is 14.4 Å². The molecule has 1 atom stereocenters. The summed E-state index contributed by atoms with van der Waals surface area (Å²) in [6.45, 7) is 6.81. The predicted octanol–water partition coefficient (Wildman–Crippen LogP) is 4.34. The molecule has 1 amide bonds. The van der Waals surface area contributed by atoms with E-state index < -0.39 is 5.92 Å². The fourth-order valence-corrected chi connectivity index (χ4v) is 3.33. The van der Waals surface area contributed by atoms with Crippen molar-refractivity contribution in [2.45, 2.75) is 39.0 Å². The van der Waals surface area contributed by atoms with Crippen molar-refractivity contribution in [2.75, 3.05) is 18.6 Å². The predicted molar refractivity (Wildman–Crippen MR) is 109 cm³/mol. The maximum absolute atomic E-state index is 12.6. The van der Waals surface area contributed by atoms with Crippen LogP contribution in [-0.2, 0) is 15.0 Å². The number of rotatable bonds is 6. The Morgan fingerprint density at radius 3 is 2.46 bits per heavy atom. The van der Waals surface area contributed by atoms with E-state index in [4.69, 9.17) is 9.47 Å². The molecule has 0 aromatic heterocycles. The van der Waals surface area contributed by atoms with Crippen molar-refractivity contribution in [3.63, 3.8) is 0 Å². The van der Waals surface area contributed by atoms with E-state index >= 15 is 0 Å². The molecule has 5 nitrogen and oxygen atoms in total. The smallest absolute Gasteiger partial charge is 0.316 e. The first kappa shape index (κ1) is 19.9. The highest BCUT2D eigenvalue weighted by Crippen LogP contribution is 2.33. The van der Waals surface area contributed by atoms with Gasteiger partial charge in [-0.15, -0.1) is 0 Å². The highest BCUT2D eigenvalue weighted by molar-refractivity contribution is 6.00. The van der Waals surface area contributed by atoms with E-state index in [1.54, 1.807) is 18.1 Å². The molecule has 0 radical (unpaired) electrons.